The second-order valence-corrected chi connectivity index (χ2v) is 8.11. The fourth-order valence-corrected chi connectivity index (χ4v) is 3.44. The molecule has 1 N–H and O–H groups in total. The van der Waals surface area contributed by atoms with E-state index in [1.165, 1.54) is 0 Å². The van der Waals surface area contributed by atoms with Crippen molar-refractivity contribution in [3.63, 3.8) is 0 Å². The molecule has 150 valence electrons. The molecule has 1 aliphatic heterocycles. The molecule has 0 radical (unpaired) electrons. The lowest BCUT2D eigenvalue weighted by Crippen LogP contribution is -2.44. The number of amides is 1. The van der Waals surface area contributed by atoms with Gasteiger partial charge in [-0.3, -0.25) is 4.79 Å². The lowest BCUT2D eigenvalue weighted by Gasteiger charge is -2.38. The van der Waals surface area contributed by atoms with Gasteiger partial charge in [0.2, 0.25) is 0 Å². The molecule has 1 amide bonds. The van der Waals surface area contributed by atoms with E-state index < -0.39 is 11.7 Å². The van der Waals surface area contributed by atoms with Crippen molar-refractivity contribution in [1.29, 1.82) is 0 Å². The third-order valence-corrected chi connectivity index (χ3v) is 5.23. The molecule has 0 spiro atoms. The molecule has 0 saturated carbocycles. The molecule has 2 aromatic rings. The lowest BCUT2D eigenvalue weighted by molar-refractivity contribution is -0.128. The Balaban J connectivity index is 1.74. The monoisotopic (exact) mass is 403 g/mol. The molecular formula is C22H26ClNO4. The minimum atomic E-state index is -0.645. The van der Waals surface area contributed by atoms with Crippen LogP contribution in [0.5, 0.6) is 17.2 Å². The van der Waals surface area contributed by atoms with Crippen LogP contribution >= 0.6 is 11.6 Å². The van der Waals surface area contributed by atoms with Crippen molar-refractivity contribution >= 4 is 17.5 Å². The van der Waals surface area contributed by atoms with Gasteiger partial charge in [0.15, 0.2) is 6.10 Å². The second-order valence-electron chi connectivity index (χ2n) is 7.70. The van der Waals surface area contributed by atoms with Crippen LogP contribution in [-0.2, 0) is 4.79 Å². The van der Waals surface area contributed by atoms with Crippen molar-refractivity contribution in [2.75, 3.05) is 7.11 Å². The van der Waals surface area contributed by atoms with Crippen molar-refractivity contribution in [3.05, 3.63) is 52.5 Å². The van der Waals surface area contributed by atoms with Gasteiger partial charge in [0.25, 0.3) is 5.91 Å². The molecule has 0 aromatic heterocycles. The first-order valence-electron chi connectivity index (χ1n) is 9.28. The number of rotatable bonds is 5. The summed E-state index contributed by atoms with van der Waals surface area (Å²) in [6.45, 7) is 7.64. The van der Waals surface area contributed by atoms with Crippen LogP contribution in [0.1, 0.15) is 44.4 Å². The summed E-state index contributed by atoms with van der Waals surface area (Å²) in [6, 6.07) is 10.8. The van der Waals surface area contributed by atoms with E-state index in [0.717, 1.165) is 22.6 Å². The maximum absolute atomic E-state index is 12.8. The highest BCUT2D eigenvalue weighted by atomic mass is 35.5. The quantitative estimate of drug-likeness (QED) is 0.775. The third kappa shape index (κ3) is 4.53. The topological polar surface area (TPSA) is 56.8 Å². The van der Waals surface area contributed by atoms with Gasteiger partial charge in [-0.25, -0.2) is 0 Å². The zero-order valence-electron chi connectivity index (χ0n) is 16.8. The molecule has 0 aliphatic carbocycles. The number of hydrogen-bond acceptors (Lipinski definition) is 4. The maximum Gasteiger partial charge on any atom is 0.261 e. The average Bonchev–Trinajstić information content (AvgIpc) is 2.63. The van der Waals surface area contributed by atoms with E-state index >= 15 is 0 Å². The first-order chi connectivity index (χ1) is 13.2. The predicted octanol–water partition coefficient (Wildman–Crippen LogP) is 4.84. The number of carbonyl (C=O) groups excluding carboxylic acids is 1. The number of ether oxygens (including phenoxy) is 3. The summed E-state index contributed by atoms with van der Waals surface area (Å²) in [7, 11) is 1.62. The Hall–Kier alpha value is -2.40. The molecule has 1 heterocycles. The smallest absolute Gasteiger partial charge is 0.261 e. The van der Waals surface area contributed by atoms with E-state index in [4.69, 9.17) is 25.8 Å². The summed E-state index contributed by atoms with van der Waals surface area (Å²) < 4.78 is 17.2. The predicted molar refractivity (Wildman–Crippen MR) is 109 cm³/mol. The first kappa shape index (κ1) is 20.3. The van der Waals surface area contributed by atoms with E-state index in [2.05, 4.69) is 5.32 Å². The van der Waals surface area contributed by atoms with Crippen LogP contribution in [0.3, 0.4) is 0 Å². The van der Waals surface area contributed by atoms with Gasteiger partial charge >= 0.3 is 0 Å². The Morgan fingerprint density at radius 3 is 2.64 bits per heavy atom. The molecule has 28 heavy (non-hydrogen) atoms. The molecule has 6 heteroatoms. The zero-order valence-corrected chi connectivity index (χ0v) is 17.6. The number of nitrogens with one attached hydrogen (secondary N) is 1. The van der Waals surface area contributed by atoms with Crippen molar-refractivity contribution in [2.24, 2.45) is 0 Å². The first-order valence-corrected chi connectivity index (χ1v) is 9.66. The molecule has 2 atom stereocenters. The SMILES string of the molecule is COc1ccc2c(c1)OC(C)(C)C[C@H]2NC(=O)[C@H](C)Oc1ccc(Cl)c(C)c1. The number of hydrogen-bond donors (Lipinski definition) is 1. The van der Waals surface area contributed by atoms with Crippen LogP contribution in [-0.4, -0.2) is 24.7 Å². The van der Waals surface area contributed by atoms with Crippen LogP contribution in [0, 0.1) is 6.92 Å². The van der Waals surface area contributed by atoms with E-state index in [1.54, 1.807) is 26.2 Å². The van der Waals surface area contributed by atoms with Gasteiger partial charge < -0.3 is 19.5 Å². The van der Waals surface area contributed by atoms with Gasteiger partial charge in [-0.1, -0.05) is 11.6 Å². The van der Waals surface area contributed by atoms with Crippen LogP contribution in [0.25, 0.3) is 0 Å². The molecule has 5 nitrogen and oxygen atoms in total. The maximum atomic E-state index is 12.8. The standard InChI is InChI=1S/C22H26ClNO4/c1-13-10-16(7-9-18(13)23)27-14(2)21(25)24-19-12-22(3,4)28-20-11-15(26-5)6-8-17(19)20/h6-11,14,19H,12H2,1-5H3,(H,24,25)/t14-,19+/m0/s1. The summed E-state index contributed by atoms with van der Waals surface area (Å²) in [4.78, 5) is 12.8. The van der Waals surface area contributed by atoms with Crippen molar-refractivity contribution in [3.8, 4) is 17.2 Å². The zero-order chi connectivity index (χ0) is 20.5. The molecule has 2 aromatic carbocycles. The number of methoxy groups -OCH3 is 1. The molecule has 0 fully saturated rings. The van der Waals surface area contributed by atoms with Crippen LogP contribution in [0.4, 0.5) is 0 Å². The van der Waals surface area contributed by atoms with Gasteiger partial charge in [-0.05, 0) is 63.6 Å². The highest BCUT2D eigenvalue weighted by molar-refractivity contribution is 6.31. The van der Waals surface area contributed by atoms with Crippen molar-refractivity contribution in [1.82, 2.24) is 5.32 Å². The summed E-state index contributed by atoms with van der Waals surface area (Å²) in [5.41, 5.74) is 1.43. The Labute approximate surface area is 170 Å². The molecule has 0 saturated heterocycles. The largest absolute Gasteiger partial charge is 0.497 e. The van der Waals surface area contributed by atoms with Crippen molar-refractivity contribution < 1.29 is 19.0 Å². The summed E-state index contributed by atoms with van der Waals surface area (Å²) in [5, 5.41) is 3.77. The Bertz CT molecular complexity index is 881. The fraction of sp³-hybridized carbons (Fsp3) is 0.409. The number of aryl methyl sites for hydroxylation is 1. The van der Waals surface area contributed by atoms with Crippen LogP contribution < -0.4 is 19.5 Å². The Kier molecular flexibility index (Phi) is 5.75. The fourth-order valence-electron chi connectivity index (χ4n) is 3.32. The molecular weight excluding hydrogens is 378 g/mol. The molecule has 1 aliphatic rings. The minimum absolute atomic E-state index is 0.171. The van der Waals surface area contributed by atoms with Gasteiger partial charge in [0, 0.05) is 23.1 Å². The van der Waals surface area contributed by atoms with Gasteiger partial charge in [0.1, 0.15) is 22.8 Å². The molecule has 3 rings (SSSR count). The minimum Gasteiger partial charge on any atom is -0.497 e. The second kappa shape index (κ2) is 7.92. The van der Waals surface area contributed by atoms with Gasteiger partial charge in [0.05, 0.1) is 13.2 Å². The number of halogens is 1. The highest BCUT2D eigenvalue weighted by Gasteiger charge is 2.35. The summed E-state index contributed by atoms with van der Waals surface area (Å²) >= 11 is 6.05. The van der Waals surface area contributed by atoms with E-state index in [9.17, 15) is 4.79 Å². The van der Waals surface area contributed by atoms with Crippen LogP contribution in [0.2, 0.25) is 5.02 Å². The summed E-state index contributed by atoms with van der Waals surface area (Å²) in [6.07, 6.45) is 0.0124. The number of fused-ring (bicyclic) bond motifs is 1. The van der Waals surface area contributed by atoms with Crippen molar-refractivity contribution in [2.45, 2.75) is 51.9 Å². The molecule has 0 bridgehead atoms. The van der Waals surface area contributed by atoms with E-state index in [1.807, 2.05) is 45.0 Å². The summed E-state index contributed by atoms with van der Waals surface area (Å²) in [5.74, 6) is 1.87. The Morgan fingerprint density at radius 2 is 1.96 bits per heavy atom. The van der Waals surface area contributed by atoms with Crippen LogP contribution in [0.15, 0.2) is 36.4 Å². The van der Waals surface area contributed by atoms with E-state index in [0.29, 0.717) is 17.2 Å². The van der Waals surface area contributed by atoms with Gasteiger partial charge in [-0.15, -0.1) is 0 Å². The number of carbonyl (C=O) groups is 1. The third-order valence-electron chi connectivity index (χ3n) is 4.81. The van der Waals surface area contributed by atoms with E-state index in [-0.39, 0.29) is 11.9 Å². The highest BCUT2D eigenvalue weighted by Crippen LogP contribution is 2.41. The van der Waals surface area contributed by atoms with Gasteiger partial charge in [-0.2, -0.15) is 0 Å². The normalized spacial score (nSPS) is 18.4. The lowest BCUT2D eigenvalue weighted by atomic mass is 9.89. The number of benzene rings is 2. The molecule has 0 unspecified atom stereocenters. The average molecular weight is 404 g/mol. The Morgan fingerprint density at radius 1 is 1.25 bits per heavy atom.